The SMILES string of the molecule is C[C@@H]1CN(S(=O)(=O)c2ccc(C#N)cc2)CCN1C(=O)c1ccccc1. The Morgan fingerprint density at radius 1 is 1.08 bits per heavy atom. The first-order valence-electron chi connectivity index (χ1n) is 8.30. The number of piperazine rings is 1. The van der Waals surface area contributed by atoms with E-state index in [9.17, 15) is 13.2 Å². The molecular weight excluding hydrogens is 350 g/mol. The molecule has 1 saturated heterocycles. The molecule has 1 fully saturated rings. The van der Waals surface area contributed by atoms with Gasteiger partial charge in [-0.25, -0.2) is 8.42 Å². The Hall–Kier alpha value is -2.69. The fourth-order valence-corrected chi connectivity index (χ4v) is 4.55. The van der Waals surface area contributed by atoms with E-state index in [1.54, 1.807) is 17.0 Å². The molecule has 1 amide bonds. The van der Waals surface area contributed by atoms with Crippen molar-refractivity contribution in [3.05, 3.63) is 65.7 Å². The highest BCUT2D eigenvalue weighted by Crippen LogP contribution is 2.21. The highest BCUT2D eigenvalue weighted by Gasteiger charge is 2.34. The van der Waals surface area contributed by atoms with E-state index < -0.39 is 10.0 Å². The zero-order valence-electron chi connectivity index (χ0n) is 14.4. The van der Waals surface area contributed by atoms with Crippen LogP contribution in [0.15, 0.2) is 59.5 Å². The minimum Gasteiger partial charge on any atom is -0.333 e. The van der Waals surface area contributed by atoms with E-state index in [-0.39, 0.29) is 29.9 Å². The van der Waals surface area contributed by atoms with Crippen molar-refractivity contribution in [1.29, 1.82) is 5.26 Å². The normalized spacial score (nSPS) is 18.3. The predicted molar refractivity (Wildman–Crippen MR) is 96.9 cm³/mol. The lowest BCUT2D eigenvalue weighted by Gasteiger charge is -2.39. The van der Waals surface area contributed by atoms with Crippen molar-refractivity contribution < 1.29 is 13.2 Å². The van der Waals surface area contributed by atoms with Crippen LogP contribution in [0.4, 0.5) is 0 Å². The monoisotopic (exact) mass is 369 g/mol. The van der Waals surface area contributed by atoms with E-state index in [0.717, 1.165) is 0 Å². The first-order valence-corrected chi connectivity index (χ1v) is 9.74. The molecule has 0 saturated carbocycles. The molecule has 1 heterocycles. The number of carbonyl (C=O) groups is 1. The van der Waals surface area contributed by atoms with Gasteiger partial charge in [0.05, 0.1) is 16.5 Å². The van der Waals surface area contributed by atoms with Crippen molar-refractivity contribution in [2.75, 3.05) is 19.6 Å². The average Bonchev–Trinajstić information content (AvgIpc) is 2.68. The summed E-state index contributed by atoms with van der Waals surface area (Å²) in [5, 5.41) is 8.84. The summed E-state index contributed by atoms with van der Waals surface area (Å²) < 4.78 is 27.0. The Labute approximate surface area is 153 Å². The van der Waals surface area contributed by atoms with E-state index in [0.29, 0.717) is 17.7 Å². The molecule has 134 valence electrons. The van der Waals surface area contributed by atoms with Crippen LogP contribution in [-0.4, -0.2) is 49.2 Å². The van der Waals surface area contributed by atoms with Crippen molar-refractivity contribution in [3.8, 4) is 6.07 Å². The second kappa shape index (κ2) is 7.28. The van der Waals surface area contributed by atoms with Gasteiger partial charge in [-0.05, 0) is 43.3 Å². The summed E-state index contributed by atoms with van der Waals surface area (Å²) in [6.45, 7) is 2.66. The maximum atomic E-state index is 12.8. The summed E-state index contributed by atoms with van der Waals surface area (Å²) in [7, 11) is -3.65. The van der Waals surface area contributed by atoms with Gasteiger partial charge in [0.25, 0.3) is 5.91 Å². The third kappa shape index (κ3) is 3.47. The van der Waals surface area contributed by atoms with Crippen molar-refractivity contribution in [2.24, 2.45) is 0 Å². The number of sulfonamides is 1. The Morgan fingerprint density at radius 2 is 1.73 bits per heavy atom. The van der Waals surface area contributed by atoms with Crippen LogP contribution >= 0.6 is 0 Å². The molecule has 1 aliphatic heterocycles. The molecule has 0 aromatic heterocycles. The Bertz CT molecular complexity index is 934. The largest absolute Gasteiger partial charge is 0.333 e. The van der Waals surface area contributed by atoms with Gasteiger partial charge in [-0.2, -0.15) is 9.57 Å². The third-order valence-corrected chi connectivity index (χ3v) is 6.37. The molecule has 1 atom stereocenters. The smallest absolute Gasteiger partial charge is 0.254 e. The lowest BCUT2D eigenvalue weighted by molar-refractivity contribution is 0.0591. The molecule has 1 aliphatic rings. The Balaban J connectivity index is 1.75. The van der Waals surface area contributed by atoms with Crippen LogP contribution in [0.1, 0.15) is 22.8 Å². The number of nitrogens with zero attached hydrogens (tertiary/aromatic N) is 3. The summed E-state index contributed by atoms with van der Waals surface area (Å²) in [4.78, 5) is 14.5. The van der Waals surface area contributed by atoms with Gasteiger partial charge in [0.1, 0.15) is 0 Å². The van der Waals surface area contributed by atoms with Gasteiger partial charge in [0.15, 0.2) is 0 Å². The summed E-state index contributed by atoms with van der Waals surface area (Å²) >= 11 is 0. The van der Waals surface area contributed by atoms with Gasteiger partial charge in [0, 0.05) is 31.2 Å². The molecule has 0 unspecified atom stereocenters. The van der Waals surface area contributed by atoms with Gasteiger partial charge in [-0.3, -0.25) is 4.79 Å². The van der Waals surface area contributed by atoms with Gasteiger partial charge >= 0.3 is 0 Å². The lowest BCUT2D eigenvalue weighted by atomic mass is 10.1. The number of benzene rings is 2. The fourth-order valence-electron chi connectivity index (χ4n) is 3.04. The van der Waals surface area contributed by atoms with Crippen LogP contribution in [0.25, 0.3) is 0 Å². The molecule has 0 N–H and O–H groups in total. The van der Waals surface area contributed by atoms with Gasteiger partial charge < -0.3 is 4.90 Å². The van der Waals surface area contributed by atoms with E-state index >= 15 is 0 Å². The second-order valence-corrected chi connectivity index (χ2v) is 8.15. The van der Waals surface area contributed by atoms with Gasteiger partial charge in [0.2, 0.25) is 10.0 Å². The third-order valence-electron chi connectivity index (χ3n) is 4.49. The maximum Gasteiger partial charge on any atom is 0.254 e. The van der Waals surface area contributed by atoms with Crippen molar-refractivity contribution in [2.45, 2.75) is 17.9 Å². The van der Waals surface area contributed by atoms with Crippen molar-refractivity contribution in [1.82, 2.24) is 9.21 Å². The number of hydrogen-bond donors (Lipinski definition) is 0. The number of rotatable bonds is 3. The molecule has 3 rings (SSSR count). The molecule has 26 heavy (non-hydrogen) atoms. The van der Waals surface area contributed by atoms with Crippen LogP contribution in [0, 0.1) is 11.3 Å². The molecule has 2 aromatic carbocycles. The molecule has 6 nitrogen and oxygen atoms in total. The number of hydrogen-bond acceptors (Lipinski definition) is 4. The number of carbonyl (C=O) groups excluding carboxylic acids is 1. The van der Waals surface area contributed by atoms with Crippen LogP contribution in [0.2, 0.25) is 0 Å². The van der Waals surface area contributed by atoms with Crippen molar-refractivity contribution >= 4 is 15.9 Å². The first-order chi connectivity index (χ1) is 12.4. The zero-order valence-corrected chi connectivity index (χ0v) is 15.2. The first kappa shape index (κ1) is 18.1. The van der Waals surface area contributed by atoms with Crippen LogP contribution in [-0.2, 0) is 10.0 Å². The maximum absolute atomic E-state index is 12.8. The van der Waals surface area contributed by atoms with Crippen LogP contribution < -0.4 is 0 Å². The predicted octanol–water partition coefficient (Wildman–Crippen LogP) is 2.09. The van der Waals surface area contributed by atoms with E-state index in [2.05, 4.69) is 0 Å². The number of amides is 1. The van der Waals surface area contributed by atoms with E-state index in [1.807, 2.05) is 31.2 Å². The highest BCUT2D eigenvalue weighted by atomic mass is 32.2. The van der Waals surface area contributed by atoms with Crippen LogP contribution in [0.3, 0.4) is 0 Å². The number of nitriles is 1. The standard InChI is InChI=1S/C19H19N3O3S/c1-15-14-21(26(24,25)18-9-7-16(13-20)8-10-18)11-12-22(15)19(23)17-5-3-2-4-6-17/h2-10,15H,11-12,14H2,1H3/t15-/m1/s1. The molecule has 0 spiro atoms. The Morgan fingerprint density at radius 3 is 2.31 bits per heavy atom. The van der Waals surface area contributed by atoms with Gasteiger partial charge in [-0.15, -0.1) is 0 Å². The minimum atomic E-state index is -3.65. The summed E-state index contributed by atoms with van der Waals surface area (Å²) in [5.41, 5.74) is 1.01. The van der Waals surface area contributed by atoms with E-state index in [4.69, 9.17) is 5.26 Å². The molecular formula is C19H19N3O3S. The molecule has 0 aliphatic carbocycles. The fraction of sp³-hybridized carbons (Fsp3) is 0.263. The van der Waals surface area contributed by atoms with Gasteiger partial charge in [-0.1, -0.05) is 18.2 Å². The molecule has 0 bridgehead atoms. The van der Waals surface area contributed by atoms with Crippen LogP contribution in [0.5, 0.6) is 0 Å². The molecule has 7 heteroatoms. The topological polar surface area (TPSA) is 81.5 Å². The lowest BCUT2D eigenvalue weighted by Crippen LogP contribution is -2.55. The highest BCUT2D eigenvalue weighted by molar-refractivity contribution is 7.89. The zero-order chi connectivity index (χ0) is 18.7. The average molecular weight is 369 g/mol. The summed E-state index contributed by atoms with van der Waals surface area (Å²) in [5.74, 6) is -0.0893. The quantitative estimate of drug-likeness (QED) is 0.830. The van der Waals surface area contributed by atoms with E-state index in [1.165, 1.54) is 28.6 Å². The minimum absolute atomic E-state index is 0.0893. The summed E-state index contributed by atoms with van der Waals surface area (Å²) in [6, 6.07) is 16.6. The summed E-state index contributed by atoms with van der Waals surface area (Å²) in [6.07, 6.45) is 0. The second-order valence-electron chi connectivity index (χ2n) is 6.21. The molecule has 0 radical (unpaired) electrons. The van der Waals surface area contributed by atoms with Crippen molar-refractivity contribution in [3.63, 3.8) is 0 Å². The Kier molecular flexibility index (Phi) is 5.07. The molecule has 2 aromatic rings.